The van der Waals surface area contributed by atoms with E-state index in [4.69, 9.17) is 4.74 Å². The Kier molecular flexibility index (Phi) is 3.57. The van der Waals surface area contributed by atoms with Crippen LogP contribution in [0.25, 0.3) is 21.9 Å². The summed E-state index contributed by atoms with van der Waals surface area (Å²) in [5.41, 5.74) is 2.67. The molecule has 1 N–H and O–H groups in total. The van der Waals surface area contributed by atoms with E-state index < -0.39 is 0 Å². The summed E-state index contributed by atoms with van der Waals surface area (Å²) in [6.45, 7) is 1.77. The van der Waals surface area contributed by atoms with E-state index in [9.17, 15) is 4.79 Å². The predicted octanol–water partition coefficient (Wildman–Crippen LogP) is 3.08. The first-order valence-corrected chi connectivity index (χ1v) is 7.86. The van der Waals surface area contributed by atoms with Crippen LogP contribution >= 0.6 is 0 Å². The molecule has 0 bridgehead atoms. The van der Waals surface area contributed by atoms with Gasteiger partial charge in [-0.15, -0.1) is 0 Å². The molecule has 2 aromatic carbocycles. The zero-order valence-electron chi connectivity index (χ0n) is 13.9. The number of para-hydroxylation sites is 1. The summed E-state index contributed by atoms with van der Waals surface area (Å²) in [5.74, 6) is 1.30. The molecule has 25 heavy (non-hydrogen) atoms. The number of H-pyrrole nitrogens is 1. The largest absolute Gasteiger partial charge is 0.497 e. The van der Waals surface area contributed by atoms with Crippen LogP contribution in [0, 0.1) is 6.92 Å². The van der Waals surface area contributed by atoms with Crippen molar-refractivity contribution in [2.45, 2.75) is 6.92 Å². The lowest BCUT2D eigenvalue weighted by Gasteiger charge is -2.03. The van der Waals surface area contributed by atoms with Gasteiger partial charge in [0.2, 0.25) is 0 Å². The van der Waals surface area contributed by atoms with Gasteiger partial charge in [0.05, 0.1) is 13.3 Å². The lowest BCUT2D eigenvalue weighted by molar-refractivity contribution is 0.415. The summed E-state index contributed by atoms with van der Waals surface area (Å²) >= 11 is 0. The molecule has 0 aliphatic rings. The van der Waals surface area contributed by atoms with Gasteiger partial charge in [-0.1, -0.05) is 18.2 Å². The SMILES string of the molecule is COc1ccc(C=Nn2c(C)nc3c([nH]c4ccccc43)c2=O)cc1. The summed E-state index contributed by atoms with van der Waals surface area (Å²) in [6.07, 6.45) is 1.63. The summed E-state index contributed by atoms with van der Waals surface area (Å²) in [4.78, 5) is 20.5. The first kappa shape index (κ1) is 15.1. The third-order valence-corrected chi connectivity index (χ3v) is 4.10. The lowest BCUT2D eigenvalue weighted by atomic mass is 10.2. The number of fused-ring (bicyclic) bond motifs is 3. The molecule has 4 aromatic rings. The monoisotopic (exact) mass is 332 g/mol. The smallest absolute Gasteiger partial charge is 0.298 e. The second-order valence-electron chi connectivity index (χ2n) is 5.69. The average Bonchev–Trinajstić information content (AvgIpc) is 3.01. The van der Waals surface area contributed by atoms with E-state index >= 15 is 0 Å². The zero-order chi connectivity index (χ0) is 17.4. The quantitative estimate of drug-likeness (QED) is 0.586. The number of nitrogens with one attached hydrogen (secondary N) is 1. The first-order chi connectivity index (χ1) is 12.2. The number of hydrogen-bond acceptors (Lipinski definition) is 4. The fraction of sp³-hybridized carbons (Fsp3) is 0.105. The van der Waals surface area contributed by atoms with Gasteiger partial charge >= 0.3 is 0 Å². The molecular weight excluding hydrogens is 316 g/mol. The fourth-order valence-corrected chi connectivity index (χ4v) is 2.81. The first-order valence-electron chi connectivity index (χ1n) is 7.86. The molecule has 0 atom stereocenters. The van der Waals surface area contributed by atoms with Crippen molar-refractivity contribution in [2.75, 3.05) is 7.11 Å². The van der Waals surface area contributed by atoms with Crippen LogP contribution in [0.4, 0.5) is 0 Å². The summed E-state index contributed by atoms with van der Waals surface area (Å²) in [7, 11) is 1.62. The second-order valence-corrected chi connectivity index (χ2v) is 5.69. The molecule has 0 saturated carbocycles. The van der Waals surface area contributed by atoms with Crippen molar-refractivity contribution >= 4 is 28.2 Å². The summed E-state index contributed by atoms with van der Waals surface area (Å²) < 4.78 is 6.44. The number of methoxy groups -OCH3 is 1. The number of aromatic amines is 1. The third-order valence-electron chi connectivity index (χ3n) is 4.10. The molecule has 0 aliphatic heterocycles. The minimum absolute atomic E-state index is 0.219. The topological polar surface area (TPSA) is 72.3 Å². The Morgan fingerprint density at radius 2 is 1.92 bits per heavy atom. The molecule has 0 fully saturated rings. The Morgan fingerprint density at radius 1 is 1.16 bits per heavy atom. The van der Waals surface area contributed by atoms with Crippen molar-refractivity contribution in [3.63, 3.8) is 0 Å². The maximum Gasteiger partial charge on any atom is 0.298 e. The van der Waals surface area contributed by atoms with Crippen molar-refractivity contribution in [1.29, 1.82) is 0 Å². The highest BCUT2D eigenvalue weighted by atomic mass is 16.5. The summed E-state index contributed by atoms with van der Waals surface area (Å²) in [6, 6.07) is 15.2. The lowest BCUT2D eigenvalue weighted by Crippen LogP contribution is -2.20. The van der Waals surface area contributed by atoms with Gasteiger partial charge in [-0.05, 0) is 42.8 Å². The third kappa shape index (κ3) is 2.57. The van der Waals surface area contributed by atoms with E-state index in [1.165, 1.54) is 4.68 Å². The predicted molar refractivity (Wildman–Crippen MR) is 98.6 cm³/mol. The molecule has 0 spiro atoms. The highest BCUT2D eigenvalue weighted by molar-refractivity contribution is 6.04. The molecule has 2 aromatic heterocycles. The van der Waals surface area contributed by atoms with Crippen LogP contribution in [-0.2, 0) is 0 Å². The maximum absolute atomic E-state index is 12.8. The van der Waals surface area contributed by atoms with E-state index in [2.05, 4.69) is 15.1 Å². The van der Waals surface area contributed by atoms with Crippen LogP contribution in [0.5, 0.6) is 5.75 Å². The average molecular weight is 332 g/mol. The van der Waals surface area contributed by atoms with Crippen molar-refractivity contribution < 1.29 is 4.74 Å². The number of ether oxygens (including phenoxy) is 1. The van der Waals surface area contributed by atoms with Gasteiger partial charge in [0.1, 0.15) is 22.6 Å². The van der Waals surface area contributed by atoms with Crippen LogP contribution in [-0.4, -0.2) is 28.0 Å². The van der Waals surface area contributed by atoms with Gasteiger partial charge in [0.15, 0.2) is 0 Å². The van der Waals surface area contributed by atoms with Gasteiger partial charge in [-0.2, -0.15) is 9.78 Å². The molecule has 6 heteroatoms. The number of nitrogens with zero attached hydrogens (tertiary/aromatic N) is 3. The highest BCUT2D eigenvalue weighted by Gasteiger charge is 2.12. The molecule has 0 amide bonds. The highest BCUT2D eigenvalue weighted by Crippen LogP contribution is 2.21. The molecule has 0 saturated heterocycles. The molecular formula is C19H16N4O2. The molecule has 6 nitrogen and oxygen atoms in total. The normalized spacial score (nSPS) is 11.6. The van der Waals surface area contributed by atoms with Gasteiger partial charge in [0.25, 0.3) is 5.56 Å². The minimum Gasteiger partial charge on any atom is -0.497 e. The Hall–Kier alpha value is -3.41. The van der Waals surface area contributed by atoms with E-state index in [0.717, 1.165) is 22.2 Å². The van der Waals surface area contributed by atoms with Crippen molar-refractivity contribution in [2.24, 2.45) is 5.10 Å². The molecule has 2 heterocycles. The molecule has 0 radical (unpaired) electrons. The van der Waals surface area contributed by atoms with Crippen LogP contribution in [0.2, 0.25) is 0 Å². The number of aromatic nitrogens is 3. The van der Waals surface area contributed by atoms with Gasteiger partial charge < -0.3 is 9.72 Å². The van der Waals surface area contributed by atoms with Crippen molar-refractivity contribution in [1.82, 2.24) is 14.6 Å². The van der Waals surface area contributed by atoms with E-state index in [1.807, 2.05) is 48.5 Å². The van der Waals surface area contributed by atoms with Crippen molar-refractivity contribution in [3.8, 4) is 5.75 Å². The van der Waals surface area contributed by atoms with E-state index in [0.29, 0.717) is 16.9 Å². The van der Waals surface area contributed by atoms with Gasteiger partial charge in [-0.25, -0.2) is 4.98 Å². The number of rotatable bonds is 3. The zero-order valence-corrected chi connectivity index (χ0v) is 13.9. The van der Waals surface area contributed by atoms with E-state index in [-0.39, 0.29) is 5.56 Å². The Labute approximate surface area is 143 Å². The minimum atomic E-state index is -0.219. The Morgan fingerprint density at radius 3 is 2.68 bits per heavy atom. The standard InChI is InChI=1S/C19H16N4O2/c1-12-21-17-15-5-3-4-6-16(15)22-18(17)19(24)23(12)20-11-13-7-9-14(25-2)10-8-13/h3-11,22H,1-2H3. The maximum atomic E-state index is 12.8. The Bertz CT molecular complexity index is 1150. The molecule has 0 aliphatic carbocycles. The van der Waals surface area contributed by atoms with Crippen LogP contribution in [0.1, 0.15) is 11.4 Å². The van der Waals surface area contributed by atoms with E-state index in [1.54, 1.807) is 20.2 Å². The number of benzene rings is 2. The van der Waals surface area contributed by atoms with Crippen LogP contribution in [0.3, 0.4) is 0 Å². The molecule has 124 valence electrons. The fourth-order valence-electron chi connectivity index (χ4n) is 2.81. The summed E-state index contributed by atoms with van der Waals surface area (Å²) in [5, 5.41) is 5.24. The van der Waals surface area contributed by atoms with Crippen molar-refractivity contribution in [3.05, 3.63) is 70.3 Å². The number of hydrogen-bond donors (Lipinski definition) is 1. The van der Waals surface area contributed by atoms with Gasteiger partial charge in [0, 0.05) is 10.9 Å². The van der Waals surface area contributed by atoms with Crippen LogP contribution in [0.15, 0.2) is 58.4 Å². The number of aryl methyl sites for hydroxylation is 1. The second kappa shape index (κ2) is 5.90. The van der Waals surface area contributed by atoms with Gasteiger partial charge in [-0.3, -0.25) is 4.79 Å². The molecule has 4 rings (SSSR count). The van der Waals surface area contributed by atoms with Crippen LogP contribution < -0.4 is 10.3 Å². The Balaban J connectivity index is 1.82. The molecule has 0 unspecified atom stereocenters.